The number of hydrogen-bond acceptors (Lipinski definition) is 1. The molecule has 1 nitrogen and oxygen atoms in total. The van der Waals surface area contributed by atoms with E-state index in [9.17, 15) is 0 Å². The smallest absolute Gasteiger partial charge is 0.0144 e. The summed E-state index contributed by atoms with van der Waals surface area (Å²) < 4.78 is 0. The van der Waals surface area contributed by atoms with Gasteiger partial charge in [-0.3, -0.25) is 0 Å². The van der Waals surface area contributed by atoms with Gasteiger partial charge in [-0.2, -0.15) is 0 Å². The van der Waals surface area contributed by atoms with E-state index in [0.717, 1.165) is 18.3 Å². The monoisotopic (exact) mass is 291 g/mol. The van der Waals surface area contributed by atoms with Gasteiger partial charge < -0.3 is 5.32 Å². The number of piperidine rings is 1. The maximum atomic E-state index is 3.89. The van der Waals surface area contributed by atoms with Crippen molar-refractivity contribution < 1.29 is 0 Å². The molecule has 2 aromatic carbocycles. The number of fused-ring (bicyclic) bond motifs is 3. The van der Waals surface area contributed by atoms with Crippen LogP contribution >= 0.6 is 0 Å². The van der Waals surface area contributed by atoms with Crippen molar-refractivity contribution >= 4 is 0 Å². The fraction of sp³-hybridized carbons (Fsp3) is 0.429. The van der Waals surface area contributed by atoms with Gasteiger partial charge in [0.2, 0.25) is 0 Å². The molecule has 1 aliphatic heterocycles. The highest BCUT2D eigenvalue weighted by Crippen LogP contribution is 2.43. The van der Waals surface area contributed by atoms with Gasteiger partial charge in [0.25, 0.3) is 0 Å². The second kappa shape index (κ2) is 5.89. The van der Waals surface area contributed by atoms with Crippen molar-refractivity contribution in [3.05, 3.63) is 71.3 Å². The van der Waals surface area contributed by atoms with Crippen molar-refractivity contribution in [1.82, 2.24) is 5.32 Å². The number of rotatable bonds is 2. The molecule has 2 aliphatic rings. The van der Waals surface area contributed by atoms with Crippen molar-refractivity contribution in [3.8, 4) is 0 Å². The quantitative estimate of drug-likeness (QED) is 0.868. The molecule has 0 spiro atoms. The van der Waals surface area contributed by atoms with Gasteiger partial charge in [-0.25, -0.2) is 0 Å². The molecule has 0 amide bonds. The van der Waals surface area contributed by atoms with Crippen LogP contribution in [0.1, 0.15) is 42.4 Å². The van der Waals surface area contributed by atoms with E-state index >= 15 is 0 Å². The lowest BCUT2D eigenvalue weighted by atomic mass is 9.66. The molecule has 2 aromatic rings. The highest BCUT2D eigenvalue weighted by molar-refractivity contribution is 5.35. The van der Waals surface area contributed by atoms with Crippen LogP contribution in [0.15, 0.2) is 54.6 Å². The largest absolute Gasteiger partial charge is 0.311 e. The first kappa shape index (κ1) is 14.0. The van der Waals surface area contributed by atoms with Crippen LogP contribution in [0.2, 0.25) is 0 Å². The summed E-state index contributed by atoms with van der Waals surface area (Å²) in [6.45, 7) is 2.35. The summed E-state index contributed by atoms with van der Waals surface area (Å²) in [5.41, 5.74) is 4.69. The highest BCUT2D eigenvalue weighted by atomic mass is 15.0. The van der Waals surface area contributed by atoms with Gasteiger partial charge in [0.15, 0.2) is 0 Å². The van der Waals surface area contributed by atoms with E-state index < -0.39 is 0 Å². The lowest BCUT2D eigenvalue weighted by Crippen LogP contribution is -2.52. The Kier molecular flexibility index (Phi) is 3.75. The summed E-state index contributed by atoms with van der Waals surface area (Å²) in [6.07, 6.45) is 5.03. The normalized spacial score (nSPS) is 30.4. The number of aryl methyl sites for hydroxylation is 1. The van der Waals surface area contributed by atoms with Crippen molar-refractivity contribution in [3.63, 3.8) is 0 Å². The third-order valence-corrected chi connectivity index (χ3v) is 5.64. The number of nitrogens with one attached hydrogen (secondary N) is 1. The van der Waals surface area contributed by atoms with E-state index in [1.54, 1.807) is 11.1 Å². The first-order chi connectivity index (χ1) is 10.8. The summed E-state index contributed by atoms with van der Waals surface area (Å²) in [6, 6.07) is 21.3. The highest BCUT2D eigenvalue weighted by Gasteiger charge is 2.39. The molecule has 0 bridgehead atoms. The predicted octanol–water partition coefficient (Wildman–Crippen LogP) is 4.33. The first-order valence-electron chi connectivity index (χ1n) is 8.69. The number of benzene rings is 2. The molecular formula is C21H25N. The number of hydrogen-bond donors (Lipinski definition) is 1. The molecule has 4 atom stereocenters. The minimum atomic E-state index is 0.612. The van der Waals surface area contributed by atoms with Gasteiger partial charge >= 0.3 is 0 Å². The molecule has 0 radical (unpaired) electrons. The molecule has 0 saturated carbocycles. The van der Waals surface area contributed by atoms with E-state index in [2.05, 4.69) is 66.8 Å². The zero-order valence-corrected chi connectivity index (χ0v) is 13.3. The Labute approximate surface area is 133 Å². The zero-order chi connectivity index (χ0) is 14.9. The minimum Gasteiger partial charge on any atom is -0.311 e. The van der Waals surface area contributed by atoms with Crippen molar-refractivity contribution in [2.75, 3.05) is 0 Å². The molecule has 1 heterocycles. The SMILES string of the molecule is CC1CC2c3ccccc3CCC2C(Cc2ccccc2)N1. The summed E-state index contributed by atoms with van der Waals surface area (Å²) in [4.78, 5) is 0. The Morgan fingerprint density at radius 2 is 1.77 bits per heavy atom. The molecule has 4 unspecified atom stereocenters. The molecule has 1 aliphatic carbocycles. The topological polar surface area (TPSA) is 12.0 Å². The van der Waals surface area contributed by atoms with Crippen LogP contribution in [0.25, 0.3) is 0 Å². The third kappa shape index (κ3) is 2.59. The fourth-order valence-corrected chi connectivity index (χ4v) is 4.68. The summed E-state index contributed by atoms with van der Waals surface area (Å²) in [5, 5.41) is 3.89. The maximum Gasteiger partial charge on any atom is 0.0144 e. The summed E-state index contributed by atoms with van der Waals surface area (Å²) in [5.74, 6) is 1.53. The molecule has 0 aromatic heterocycles. The standard InChI is InChI=1S/C21H25N/c1-15-13-20-18-10-6-5-9-17(18)11-12-19(20)21(22-15)14-16-7-3-2-4-8-16/h2-10,15,19-22H,11-14H2,1H3. The molecule has 22 heavy (non-hydrogen) atoms. The average Bonchev–Trinajstić information content (AvgIpc) is 2.55. The van der Waals surface area contributed by atoms with E-state index in [4.69, 9.17) is 0 Å². The first-order valence-corrected chi connectivity index (χ1v) is 8.69. The summed E-state index contributed by atoms with van der Waals surface area (Å²) in [7, 11) is 0. The van der Waals surface area contributed by atoms with Gasteiger partial charge in [0.1, 0.15) is 0 Å². The third-order valence-electron chi connectivity index (χ3n) is 5.64. The molecule has 1 N–H and O–H groups in total. The Hall–Kier alpha value is -1.60. The second-order valence-corrected chi connectivity index (χ2v) is 7.11. The van der Waals surface area contributed by atoms with Gasteiger partial charge in [-0.1, -0.05) is 54.6 Å². The van der Waals surface area contributed by atoms with Crippen LogP contribution in [0, 0.1) is 5.92 Å². The van der Waals surface area contributed by atoms with E-state index in [1.807, 2.05) is 0 Å². The lowest BCUT2D eigenvalue weighted by Gasteiger charge is -2.45. The zero-order valence-electron chi connectivity index (χ0n) is 13.3. The molecular weight excluding hydrogens is 266 g/mol. The predicted molar refractivity (Wildman–Crippen MR) is 92.1 cm³/mol. The minimum absolute atomic E-state index is 0.612. The molecule has 1 heteroatoms. The second-order valence-electron chi connectivity index (χ2n) is 7.11. The molecule has 1 fully saturated rings. The molecule has 114 valence electrons. The van der Waals surface area contributed by atoms with Gasteiger partial charge in [0.05, 0.1) is 0 Å². The van der Waals surface area contributed by atoms with Crippen molar-refractivity contribution in [2.45, 2.75) is 50.6 Å². The Bertz CT molecular complexity index is 633. The Morgan fingerprint density at radius 1 is 1.00 bits per heavy atom. The van der Waals surface area contributed by atoms with Gasteiger partial charge in [-0.15, -0.1) is 0 Å². The lowest BCUT2D eigenvalue weighted by molar-refractivity contribution is 0.183. The van der Waals surface area contributed by atoms with E-state index in [0.29, 0.717) is 12.1 Å². The average molecular weight is 291 g/mol. The Balaban J connectivity index is 1.62. The van der Waals surface area contributed by atoms with Crippen LogP contribution in [-0.2, 0) is 12.8 Å². The van der Waals surface area contributed by atoms with Crippen molar-refractivity contribution in [1.29, 1.82) is 0 Å². The van der Waals surface area contributed by atoms with Crippen LogP contribution in [0.3, 0.4) is 0 Å². The maximum absolute atomic E-state index is 3.89. The van der Waals surface area contributed by atoms with Crippen molar-refractivity contribution in [2.24, 2.45) is 5.92 Å². The van der Waals surface area contributed by atoms with Crippen LogP contribution in [-0.4, -0.2) is 12.1 Å². The fourth-order valence-electron chi connectivity index (χ4n) is 4.68. The molecule has 1 saturated heterocycles. The Morgan fingerprint density at radius 3 is 2.64 bits per heavy atom. The van der Waals surface area contributed by atoms with E-state index in [-0.39, 0.29) is 0 Å². The summed E-state index contributed by atoms with van der Waals surface area (Å²) >= 11 is 0. The van der Waals surface area contributed by atoms with Crippen LogP contribution in [0.4, 0.5) is 0 Å². The van der Waals surface area contributed by atoms with E-state index in [1.165, 1.54) is 24.8 Å². The van der Waals surface area contributed by atoms with Crippen LogP contribution < -0.4 is 5.32 Å². The van der Waals surface area contributed by atoms with Gasteiger partial charge in [-0.05, 0) is 61.1 Å². The molecule has 4 rings (SSSR count). The van der Waals surface area contributed by atoms with Gasteiger partial charge in [0, 0.05) is 12.1 Å². The van der Waals surface area contributed by atoms with Crippen LogP contribution in [0.5, 0.6) is 0 Å².